The number of nitrogens with zero attached hydrogens (tertiary/aromatic N) is 1. The van der Waals surface area contributed by atoms with Crippen LogP contribution in [0, 0.1) is 13.8 Å². The fourth-order valence-electron chi connectivity index (χ4n) is 8.45. The van der Waals surface area contributed by atoms with Gasteiger partial charge in [-0.15, -0.1) is 0 Å². The van der Waals surface area contributed by atoms with Crippen LogP contribution in [0.1, 0.15) is 68.5 Å². The highest BCUT2D eigenvalue weighted by Crippen LogP contribution is 2.42. The van der Waals surface area contributed by atoms with Crippen LogP contribution in [0.4, 0.5) is 17.1 Å². The standard InChI is InChI=1S/C58H49N/c1-42-24-30-48(31-25-42)57(49-32-26-43(2)27-33-49)41-51-35-39-58(56-22-12-11-21-55(51)56)59(53-38-34-45-15-9-10-20-50(45)40-53)52-36-28-44(29-37-52)14-13-23-54(46-16-5-3-6-17-46)47-18-7-4-8-19-47/h3-8,11-14,16-19,21-41H,9-10,15,20H2,1-2H3/b14-13+. The van der Waals surface area contributed by atoms with E-state index in [2.05, 4.69) is 231 Å². The quantitative estimate of drug-likeness (QED) is 0.0991. The zero-order chi connectivity index (χ0) is 40.0. The van der Waals surface area contributed by atoms with Crippen molar-refractivity contribution in [3.05, 3.63) is 256 Å². The molecule has 9 rings (SSSR count). The molecule has 1 heteroatoms. The Morgan fingerprint density at radius 1 is 0.458 bits per heavy atom. The molecule has 8 aromatic carbocycles. The van der Waals surface area contributed by atoms with Crippen molar-refractivity contribution in [2.45, 2.75) is 39.5 Å². The van der Waals surface area contributed by atoms with Gasteiger partial charge in [-0.05, 0) is 137 Å². The van der Waals surface area contributed by atoms with Crippen LogP contribution in [-0.4, -0.2) is 0 Å². The van der Waals surface area contributed by atoms with E-state index in [9.17, 15) is 0 Å². The van der Waals surface area contributed by atoms with Gasteiger partial charge in [0.25, 0.3) is 0 Å². The lowest BCUT2D eigenvalue weighted by Crippen LogP contribution is -2.12. The Morgan fingerprint density at radius 3 is 1.63 bits per heavy atom. The summed E-state index contributed by atoms with van der Waals surface area (Å²) in [6, 6.07) is 68.8. The van der Waals surface area contributed by atoms with Crippen molar-refractivity contribution < 1.29 is 0 Å². The van der Waals surface area contributed by atoms with Crippen LogP contribution in [0.15, 0.2) is 200 Å². The van der Waals surface area contributed by atoms with Crippen molar-refractivity contribution in [1.82, 2.24) is 0 Å². The second-order valence-electron chi connectivity index (χ2n) is 15.8. The van der Waals surface area contributed by atoms with Crippen LogP contribution < -0.4 is 4.90 Å². The molecule has 0 fully saturated rings. The number of hydrogen-bond donors (Lipinski definition) is 0. The fourth-order valence-corrected chi connectivity index (χ4v) is 8.45. The molecular formula is C58H49N. The van der Waals surface area contributed by atoms with Crippen molar-refractivity contribution in [2.75, 3.05) is 4.90 Å². The van der Waals surface area contributed by atoms with Crippen LogP contribution in [0.25, 0.3) is 34.1 Å². The number of hydrogen-bond acceptors (Lipinski definition) is 1. The Labute approximate surface area is 350 Å². The molecule has 0 aromatic heterocycles. The van der Waals surface area contributed by atoms with Crippen molar-refractivity contribution in [3.63, 3.8) is 0 Å². The number of allylic oxidation sites excluding steroid dienone is 2. The summed E-state index contributed by atoms with van der Waals surface area (Å²) in [5.41, 5.74) is 18.6. The highest BCUT2D eigenvalue weighted by molar-refractivity contribution is 6.06. The van der Waals surface area contributed by atoms with Gasteiger partial charge in [0.1, 0.15) is 0 Å². The lowest BCUT2D eigenvalue weighted by molar-refractivity contribution is 0.685. The van der Waals surface area contributed by atoms with Gasteiger partial charge in [0.2, 0.25) is 0 Å². The summed E-state index contributed by atoms with van der Waals surface area (Å²) < 4.78 is 0. The molecule has 0 unspecified atom stereocenters. The summed E-state index contributed by atoms with van der Waals surface area (Å²) in [6.07, 6.45) is 13.8. The summed E-state index contributed by atoms with van der Waals surface area (Å²) in [5.74, 6) is 0. The molecule has 286 valence electrons. The first-order valence-electron chi connectivity index (χ1n) is 21.0. The van der Waals surface area contributed by atoms with Crippen LogP contribution in [0.3, 0.4) is 0 Å². The maximum atomic E-state index is 2.46. The van der Waals surface area contributed by atoms with E-state index in [1.165, 1.54) is 96.2 Å². The smallest absolute Gasteiger partial charge is 0.0540 e. The van der Waals surface area contributed by atoms with E-state index >= 15 is 0 Å². The average Bonchev–Trinajstić information content (AvgIpc) is 3.29. The summed E-state index contributed by atoms with van der Waals surface area (Å²) in [7, 11) is 0. The van der Waals surface area contributed by atoms with E-state index in [0.29, 0.717) is 0 Å². The second-order valence-corrected chi connectivity index (χ2v) is 15.8. The Hall–Kier alpha value is -6.96. The molecule has 0 spiro atoms. The van der Waals surface area contributed by atoms with E-state index in [4.69, 9.17) is 0 Å². The predicted molar refractivity (Wildman–Crippen MR) is 254 cm³/mol. The minimum Gasteiger partial charge on any atom is -0.310 e. The average molecular weight is 760 g/mol. The third-order valence-corrected chi connectivity index (χ3v) is 11.7. The number of benzene rings is 8. The Balaban J connectivity index is 1.13. The van der Waals surface area contributed by atoms with Gasteiger partial charge in [-0.3, -0.25) is 0 Å². The highest BCUT2D eigenvalue weighted by Gasteiger charge is 2.19. The van der Waals surface area contributed by atoms with E-state index in [1.54, 1.807) is 0 Å². The van der Waals surface area contributed by atoms with E-state index < -0.39 is 0 Å². The van der Waals surface area contributed by atoms with E-state index in [0.717, 1.165) is 24.1 Å². The van der Waals surface area contributed by atoms with Gasteiger partial charge in [-0.25, -0.2) is 0 Å². The number of aryl methyl sites for hydroxylation is 4. The van der Waals surface area contributed by atoms with Crippen LogP contribution >= 0.6 is 0 Å². The van der Waals surface area contributed by atoms with Gasteiger partial charge in [-0.2, -0.15) is 0 Å². The van der Waals surface area contributed by atoms with Gasteiger partial charge in [0.05, 0.1) is 5.69 Å². The molecule has 1 aliphatic rings. The third-order valence-electron chi connectivity index (χ3n) is 11.7. The number of rotatable bonds is 10. The van der Waals surface area contributed by atoms with Crippen molar-refractivity contribution in [3.8, 4) is 0 Å². The molecule has 1 aliphatic carbocycles. The van der Waals surface area contributed by atoms with Crippen LogP contribution in [0.5, 0.6) is 0 Å². The molecule has 0 radical (unpaired) electrons. The molecule has 0 bridgehead atoms. The molecule has 8 aromatic rings. The van der Waals surface area contributed by atoms with Gasteiger partial charge < -0.3 is 4.90 Å². The van der Waals surface area contributed by atoms with Crippen LogP contribution in [0.2, 0.25) is 0 Å². The van der Waals surface area contributed by atoms with Gasteiger partial charge in [0.15, 0.2) is 0 Å². The summed E-state index contributed by atoms with van der Waals surface area (Å²) in [6.45, 7) is 4.30. The molecule has 0 aliphatic heterocycles. The van der Waals surface area contributed by atoms with Gasteiger partial charge in [-0.1, -0.05) is 187 Å². The normalized spacial score (nSPS) is 12.2. The minimum absolute atomic E-state index is 1.13. The zero-order valence-corrected chi connectivity index (χ0v) is 34.0. The molecule has 0 saturated heterocycles. The summed E-state index contributed by atoms with van der Waals surface area (Å²) in [5, 5.41) is 2.44. The summed E-state index contributed by atoms with van der Waals surface area (Å²) in [4.78, 5) is 2.46. The van der Waals surface area contributed by atoms with Crippen molar-refractivity contribution in [2.24, 2.45) is 0 Å². The first kappa shape index (κ1) is 37.6. The first-order valence-corrected chi connectivity index (χ1v) is 21.0. The molecule has 0 saturated carbocycles. The lowest BCUT2D eigenvalue weighted by atomic mass is 9.91. The molecule has 0 heterocycles. The third kappa shape index (κ3) is 8.38. The maximum Gasteiger partial charge on any atom is 0.0540 e. The predicted octanol–water partition coefficient (Wildman–Crippen LogP) is 15.5. The van der Waals surface area contributed by atoms with E-state index in [-0.39, 0.29) is 0 Å². The maximum absolute atomic E-state index is 2.46. The van der Waals surface area contributed by atoms with Crippen molar-refractivity contribution in [1.29, 1.82) is 0 Å². The van der Waals surface area contributed by atoms with Gasteiger partial charge in [0, 0.05) is 16.8 Å². The Kier molecular flexibility index (Phi) is 11.0. The largest absolute Gasteiger partial charge is 0.310 e. The van der Waals surface area contributed by atoms with Gasteiger partial charge >= 0.3 is 0 Å². The highest BCUT2D eigenvalue weighted by atomic mass is 15.1. The topological polar surface area (TPSA) is 3.24 Å². The molecule has 0 atom stereocenters. The van der Waals surface area contributed by atoms with Crippen LogP contribution in [-0.2, 0) is 12.8 Å². The van der Waals surface area contributed by atoms with E-state index in [1.807, 2.05) is 0 Å². The second kappa shape index (κ2) is 17.3. The SMILES string of the molecule is Cc1ccc(C(=Cc2ccc(N(c3ccc(/C=C/C=C(c4ccccc4)c4ccccc4)cc3)c3ccc4c(c3)CCCC4)c3ccccc23)c2ccc(C)cc2)cc1. The fraction of sp³-hybridized carbons (Fsp3) is 0.103. The van der Waals surface area contributed by atoms with Crippen molar-refractivity contribution >= 4 is 51.1 Å². The molecule has 0 amide bonds. The Bertz CT molecular complexity index is 2700. The summed E-state index contributed by atoms with van der Waals surface area (Å²) >= 11 is 0. The minimum atomic E-state index is 1.13. The lowest BCUT2D eigenvalue weighted by Gasteiger charge is -2.29. The molecule has 1 nitrogen and oxygen atoms in total. The number of anilines is 3. The molecular weight excluding hydrogens is 711 g/mol. The first-order chi connectivity index (χ1) is 29.1. The Morgan fingerprint density at radius 2 is 1.00 bits per heavy atom. The molecule has 0 N–H and O–H groups in total. The molecule has 59 heavy (non-hydrogen) atoms. The monoisotopic (exact) mass is 759 g/mol. The number of fused-ring (bicyclic) bond motifs is 2. The zero-order valence-electron chi connectivity index (χ0n) is 34.0.